The number of nitrogens with one attached hydrogen (secondary N) is 1. The van der Waals surface area contributed by atoms with E-state index in [9.17, 15) is 0 Å². The molecule has 0 saturated heterocycles. The summed E-state index contributed by atoms with van der Waals surface area (Å²) in [6.45, 7) is 6.69. The maximum atomic E-state index is 9.15. The summed E-state index contributed by atoms with van der Waals surface area (Å²) in [5.41, 5.74) is 0.995. The van der Waals surface area contributed by atoms with E-state index in [0.29, 0.717) is 11.6 Å². The molecule has 0 amide bonds. The van der Waals surface area contributed by atoms with Crippen molar-refractivity contribution in [3.8, 4) is 12.1 Å². The monoisotopic (exact) mass is 300 g/mol. The van der Waals surface area contributed by atoms with Crippen molar-refractivity contribution < 1.29 is 0 Å². The Bertz CT molecular complexity index is 639. The van der Waals surface area contributed by atoms with Crippen molar-refractivity contribution in [3.05, 3.63) is 46.2 Å². The lowest BCUT2D eigenvalue weighted by Crippen LogP contribution is -2.26. The molecule has 5 heteroatoms. The molecule has 0 aliphatic carbocycles. The van der Waals surface area contributed by atoms with Gasteiger partial charge in [0, 0.05) is 17.8 Å². The summed E-state index contributed by atoms with van der Waals surface area (Å²) < 4.78 is 0. The minimum Gasteiger partial charge on any atom is -0.374 e. The molecule has 0 aromatic heterocycles. The summed E-state index contributed by atoms with van der Waals surface area (Å²) in [6.07, 6.45) is 1.51. The molecule has 1 rings (SSSR count). The van der Waals surface area contributed by atoms with E-state index in [1.807, 2.05) is 39.0 Å². The van der Waals surface area contributed by atoms with Crippen LogP contribution in [-0.2, 0) is 0 Å². The van der Waals surface area contributed by atoms with Gasteiger partial charge in [0.25, 0.3) is 0 Å². The van der Waals surface area contributed by atoms with Crippen LogP contribution in [0.4, 0.5) is 0 Å². The highest BCUT2D eigenvalue weighted by molar-refractivity contribution is 6.30. The highest BCUT2D eigenvalue weighted by Crippen LogP contribution is 2.13. The maximum Gasteiger partial charge on any atom is 0.174 e. The van der Waals surface area contributed by atoms with Gasteiger partial charge in [0.1, 0.15) is 12.1 Å². The molecule has 1 N–H and O–H groups in total. The highest BCUT2D eigenvalue weighted by atomic mass is 35.5. The fourth-order valence-electron chi connectivity index (χ4n) is 1.41. The van der Waals surface area contributed by atoms with Crippen molar-refractivity contribution in [2.24, 2.45) is 10.4 Å². The number of nitrogens with zero attached hydrogens (tertiary/aromatic N) is 3. The van der Waals surface area contributed by atoms with Gasteiger partial charge in [-0.2, -0.15) is 10.5 Å². The first-order valence-electron chi connectivity index (χ1n) is 6.44. The zero-order valence-corrected chi connectivity index (χ0v) is 13.1. The molecule has 0 bridgehead atoms. The van der Waals surface area contributed by atoms with Gasteiger partial charge in [0.05, 0.1) is 0 Å². The zero-order valence-electron chi connectivity index (χ0n) is 12.3. The van der Waals surface area contributed by atoms with E-state index in [1.165, 1.54) is 6.21 Å². The second kappa shape index (κ2) is 7.47. The van der Waals surface area contributed by atoms with Crippen molar-refractivity contribution in [1.29, 1.82) is 10.5 Å². The van der Waals surface area contributed by atoms with E-state index < -0.39 is 0 Å². The van der Waals surface area contributed by atoms with Crippen molar-refractivity contribution in [1.82, 2.24) is 5.32 Å². The van der Waals surface area contributed by atoms with E-state index in [0.717, 1.165) is 5.56 Å². The molecule has 108 valence electrons. The van der Waals surface area contributed by atoms with E-state index >= 15 is 0 Å². The molecule has 0 saturated carbocycles. The van der Waals surface area contributed by atoms with Crippen LogP contribution in [0.25, 0.3) is 0 Å². The van der Waals surface area contributed by atoms with Gasteiger partial charge in [-0.05, 0) is 23.1 Å². The van der Waals surface area contributed by atoms with Gasteiger partial charge in [-0.1, -0.05) is 44.5 Å². The maximum absolute atomic E-state index is 9.15. The van der Waals surface area contributed by atoms with E-state index in [2.05, 4.69) is 10.3 Å². The number of aliphatic imine (C=N–C) groups is 1. The Morgan fingerprint density at radius 1 is 1.33 bits per heavy atom. The minimum absolute atomic E-state index is 0.000659. The third kappa shape index (κ3) is 6.12. The molecule has 4 nitrogen and oxygen atoms in total. The van der Waals surface area contributed by atoms with Crippen LogP contribution in [-0.4, -0.2) is 12.8 Å². The van der Waals surface area contributed by atoms with Gasteiger partial charge < -0.3 is 5.32 Å². The van der Waals surface area contributed by atoms with Crippen LogP contribution >= 0.6 is 11.6 Å². The minimum atomic E-state index is -0.000659. The van der Waals surface area contributed by atoms with Crippen LogP contribution in [0.1, 0.15) is 26.3 Å². The first kappa shape index (κ1) is 16.8. The predicted octanol–water partition coefficient (Wildman–Crippen LogP) is 3.65. The van der Waals surface area contributed by atoms with Gasteiger partial charge in [0.15, 0.2) is 11.4 Å². The van der Waals surface area contributed by atoms with E-state index in [-0.39, 0.29) is 16.8 Å². The fourth-order valence-corrected chi connectivity index (χ4v) is 1.60. The normalized spacial score (nSPS) is 12.5. The lowest BCUT2D eigenvalue weighted by atomic mass is 9.97. The molecule has 0 unspecified atom stereocenters. The third-order valence-corrected chi connectivity index (χ3v) is 2.68. The van der Waals surface area contributed by atoms with Crippen molar-refractivity contribution in [2.75, 3.05) is 6.54 Å². The number of hydrogen-bond acceptors (Lipinski definition) is 4. The van der Waals surface area contributed by atoms with Crippen LogP contribution in [0.2, 0.25) is 5.02 Å². The second-order valence-electron chi connectivity index (χ2n) is 5.67. The quantitative estimate of drug-likeness (QED) is 0.681. The molecule has 1 aromatic carbocycles. The smallest absolute Gasteiger partial charge is 0.174 e. The molecule has 0 radical (unpaired) electrons. The number of halogens is 1. The molecule has 0 heterocycles. The fraction of sp³-hybridized carbons (Fsp3) is 0.312. The number of nitriles is 2. The second-order valence-corrected chi connectivity index (χ2v) is 6.11. The third-order valence-electron chi connectivity index (χ3n) is 2.44. The van der Waals surface area contributed by atoms with Gasteiger partial charge in [-0.25, -0.2) is 4.99 Å². The van der Waals surface area contributed by atoms with Crippen LogP contribution in [0.5, 0.6) is 0 Å². The van der Waals surface area contributed by atoms with Crippen molar-refractivity contribution in [2.45, 2.75) is 20.8 Å². The Morgan fingerprint density at radius 2 is 2.05 bits per heavy atom. The lowest BCUT2D eigenvalue weighted by molar-refractivity contribution is 0.399. The van der Waals surface area contributed by atoms with Gasteiger partial charge >= 0.3 is 0 Å². The predicted molar refractivity (Wildman–Crippen MR) is 84.8 cm³/mol. The number of hydrogen-bond donors (Lipinski definition) is 1. The van der Waals surface area contributed by atoms with Crippen LogP contribution in [0.15, 0.2) is 40.7 Å². The molecule has 0 spiro atoms. The summed E-state index contributed by atoms with van der Waals surface area (Å²) in [7, 11) is 0. The topological polar surface area (TPSA) is 72.0 Å². The van der Waals surface area contributed by atoms with Crippen LogP contribution in [0, 0.1) is 28.1 Å². The molecule has 0 aliphatic rings. The summed E-state index contributed by atoms with van der Waals surface area (Å²) in [4.78, 5) is 4.08. The van der Waals surface area contributed by atoms with E-state index in [1.54, 1.807) is 18.2 Å². The van der Waals surface area contributed by atoms with Gasteiger partial charge in [-0.3, -0.25) is 0 Å². The summed E-state index contributed by atoms with van der Waals surface area (Å²) in [5, 5.41) is 21.9. The average molecular weight is 301 g/mol. The molecule has 0 fully saturated rings. The van der Waals surface area contributed by atoms with Gasteiger partial charge in [0.2, 0.25) is 0 Å². The Balaban J connectivity index is 2.97. The molecule has 0 aliphatic heterocycles. The Morgan fingerprint density at radius 3 is 2.57 bits per heavy atom. The van der Waals surface area contributed by atoms with Crippen LogP contribution < -0.4 is 5.32 Å². The van der Waals surface area contributed by atoms with Gasteiger partial charge in [-0.15, -0.1) is 0 Å². The van der Waals surface area contributed by atoms with E-state index in [4.69, 9.17) is 22.1 Å². The largest absolute Gasteiger partial charge is 0.374 e. The first-order valence-corrected chi connectivity index (χ1v) is 6.81. The highest BCUT2D eigenvalue weighted by Gasteiger charge is 2.12. The standard InChI is InChI=1S/C16H17ClN4/c1-16(2,3)11-21-15(9-19)14(8-18)20-10-12-5-4-6-13(17)7-12/h4-7,10,21H,11H2,1-3H3/b15-14-,20-10?. The zero-order chi connectivity index (χ0) is 15.9. The summed E-state index contributed by atoms with van der Waals surface area (Å²) in [5.74, 6) is 0. The first-order chi connectivity index (χ1) is 9.85. The molecule has 0 atom stereocenters. The summed E-state index contributed by atoms with van der Waals surface area (Å²) in [6, 6.07) is 11.0. The van der Waals surface area contributed by atoms with Crippen molar-refractivity contribution in [3.63, 3.8) is 0 Å². The Hall–Kier alpha value is -2.30. The summed E-state index contributed by atoms with van der Waals surface area (Å²) >= 11 is 5.88. The Labute approximate surface area is 130 Å². The molecule has 1 aromatic rings. The number of rotatable bonds is 4. The Kier molecular flexibility index (Phi) is 5.96. The number of allylic oxidation sites excluding steroid dienone is 2. The van der Waals surface area contributed by atoms with Crippen molar-refractivity contribution >= 4 is 17.8 Å². The molecular weight excluding hydrogens is 284 g/mol. The number of benzene rings is 1. The van der Waals surface area contributed by atoms with Crippen LogP contribution in [0.3, 0.4) is 0 Å². The lowest BCUT2D eigenvalue weighted by Gasteiger charge is -2.18. The average Bonchev–Trinajstić information content (AvgIpc) is 2.41. The molecular formula is C16H17ClN4. The SMILES string of the molecule is CC(C)(C)CN/C(C#N)=C(/C#N)N=Cc1cccc(Cl)c1. The molecule has 21 heavy (non-hydrogen) atoms.